The molecule has 5 nitrogen and oxygen atoms in total. The van der Waals surface area contributed by atoms with Crippen molar-refractivity contribution < 1.29 is 14.3 Å². The van der Waals surface area contributed by atoms with Crippen molar-refractivity contribution in [1.82, 2.24) is 5.32 Å². The summed E-state index contributed by atoms with van der Waals surface area (Å²) >= 11 is 6.22. The molecule has 1 aromatic carbocycles. The van der Waals surface area contributed by atoms with Gasteiger partial charge in [-0.15, -0.1) is 0 Å². The van der Waals surface area contributed by atoms with Crippen LogP contribution in [0.2, 0.25) is 5.02 Å². The summed E-state index contributed by atoms with van der Waals surface area (Å²) in [4.78, 5) is 11.7. The highest BCUT2D eigenvalue weighted by atomic mass is 35.5. The first-order valence-corrected chi connectivity index (χ1v) is 7.41. The summed E-state index contributed by atoms with van der Waals surface area (Å²) in [5.41, 5.74) is 6.76. The number of methoxy groups -OCH3 is 1. The lowest BCUT2D eigenvalue weighted by Gasteiger charge is -2.15. The number of nitrogens with one attached hydrogen (secondary N) is 1. The quantitative estimate of drug-likeness (QED) is 0.806. The molecule has 0 aromatic heterocycles. The predicted molar refractivity (Wildman–Crippen MR) is 82.0 cm³/mol. The highest BCUT2D eigenvalue weighted by Crippen LogP contribution is 2.36. The van der Waals surface area contributed by atoms with Crippen molar-refractivity contribution in [2.45, 2.75) is 38.3 Å². The van der Waals surface area contributed by atoms with Gasteiger partial charge in [-0.05, 0) is 43.9 Å². The summed E-state index contributed by atoms with van der Waals surface area (Å²) in [6.07, 6.45) is 2.78. The Morgan fingerprint density at radius 1 is 1.52 bits per heavy atom. The minimum atomic E-state index is -0.143. The predicted octanol–water partition coefficient (Wildman–Crippen LogP) is 1.90. The zero-order chi connectivity index (χ0) is 15.4. The van der Waals surface area contributed by atoms with Crippen LogP contribution >= 0.6 is 11.6 Å². The monoisotopic (exact) mass is 312 g/mol. The Labute approximate surface area is 129 Å². The minimum Gasteiger partial charge on any atom is -0.493 e. The number of nitrogens with two attached hydrogens (primary N) is 1. The van der Waals surface area contributed by atoms with E-state index in [0.29, 0.717) is 29.0 Å². The molecule has 1 saturated carbocycles. The van der Waals surface area contributed by atoms with Crippen molar-refractivity contribution in [2.24, 2.45) is 5.73 Å². The van der Waals surface area contributed by atoms with Crippen LogP contribution in [0.25, 0.3) is 0 Å². The molecule has 0 spiro atoms. The molecule has 3 N–H and O–H groups in total. The SMILES string of the molecule is COc1cc(CC(C)N)cc(Cl)c1OCC(=O)NC1CC1. The van der Waals surface area contributed by atoms with Crippen LogP contribution in [0.4, 0.5) is 0 Å². The lowest BCUT2D eigenvalue weighted by Crippen LogP contribution is -2.30. The number of hydrogen-bond donors (Lipinski definition) is 2. The standard InChI is InChI=1S/C15H21ClN2O3/c1-9(17)5-10-6-12(16)15(13(7-10)20-2)21-8-14(19)18-11-3-4-11/h6-7,9,11H,3-5,8,17H2,1-2H3,(H,18,19). The van der Waals surface area contributed by atoms with Crippen LogP contribution in [0, 0.1) is 0 Å². The summed E-state index contributed by atoms with van der Waals surface area (Å²) in [6.45, 7) is 1.85. The first kappa shape index (κ1) is 15.9. The summed E-state index contributed by atoms with van der Waals surface area (Å²) in [6, 6.07) is 3.97. The van der Waals surface area contributed by atoms with Crippen molar-refractivity contribution in [3.8, 4) is 11.5 Å². The second-order valence-electron chi connectivity index (χ2n) is 5.42. The fourth-order valence-corrected chi connectivity index (χ4v) is 2.33. The first-order valence-electron chi connectivity index (χ1n) is 7.03. The second kappa shape index (κ2) is 7.00. The van der Waals surface area contributed by atoms with Crippen LogP contribution in [0.15, 0.2) is 12.1 Å². The van der Waals surface area contributed by atoms with Gasteiger partial charge in [0, 0.05) is 12.1 Å². The van der Waals surface area contributed by atoms with Gasteiger partial charge in [-0.1, -0.05) is 11.6 Å². The Morgan fingerprint density at radius 2 is 2.24 bits per heavy atom. The maximum atomic E-state index is 11.7. The topological polar surface area (TPSA) is 73.6 Å². The lowest BCUT2D eigenvalue weighted by atomic mass is 10.1. The van der Waals surface area contributed by atoms with Crippen molar-refractivity contribution in [3.05, 3.63) is 22.7 Å². The van der Waals surface area contributed by atoms with E-state index in [1.54, 1.807) is 13.2 Å². The van der Waals surface area contributed by atoms with E-state index in [4.69, 9.17) is 26.8 Å². The Hall–Kier alpha value is -1.46. The second-order valence-corrected chi connectivity index (χ2v) is 5.83. The third kappa shape index (κ3) is 4.79. The number of carbonyl (C=O) groups excluding carboxylic acids is 1. The largest absolute Gasteiger partial charge is 0.493 e. The Morgan fingerprint density at radius 3 is 2.81 bits per heavy atom. The number of carbonyl (C=O) groups is 1. The molecule has 1 atom stereocenters. The van der Waals surface area contributed by atoms with E-state index in [1.165, 1.54) is 0 Å². The molecule has 1 fully saturated rings. The normalized spacial score (nSPS) is 15.4. The highest BCUT2D eigenvalue weighted by molar-refractivity contribution is 6.32. The highest BCUT2D eigenvalue weighted by Gasteiger charge is 2.23. The minimum absolute atomic E-state index is 0.0295. The van der Waals surface area contributed by atoms with Gasteiger partial charge < -0.3 is 20.5 Å². The van der Waals surface area contributed by atoms with Crippen LogP contribution in [-0.2, 0) is 11.2 Å². The molecule has 1 aliphatic rings. The van der Waals surface area contributed by atoms with E-state index in [0.717, 1.165) is 18.4 Å². The fourth-order valence-electron chi connectivity index (χ4n) is 2.04. The smallest absolute Gasteiger partial charge is 0.258 e. The van der Waals surface area contributed by atoms with Gasteiger partial charge in [0.15, 0.2) is 18.1 Å². The van der Waals surface area contributed by atoms with Gasteiger partial charge in [-0.25, -0.2) is 0 Å². The third-order valence-corrected chi connectivity index (χ3v) is 3.42. The summed E-state index contributed by atoms with van der Waals surface area (Å²) in [7, 11) is 1.54. The number of amides is 1. The zero-order valence-corrected chi connectivity index (χ0v) is 13.1. The van der Waals surface area contributed by atoms with Gasteiger partial charge in [0.1, 0.15) is 0 Å². The van der Waals surface area contributed by atoms with Gasteiger partial charge in [0.2, 0.25) is 0 Å². The molecular formula is C15H21ClN2O3. The maximum absolute atomic E-state index is 11.7. The van der Waals surface area contributed by atoms with Crippen molar-refractivity contribution in [1.29, 1.82) is 0 Å². The summed E-state index contributed by atoms with van der Waals surface area (Å²) < 4.78 is 10.8. The van der Waals surface area contributed by atoms with Gasteiger partial charge in [0.05, 0.1) is 12.1 Å². The number of ether oxygens (including phenoxy) is 2. The van der Waals surface area contributed by atoms with E-state index in [1.807, 2.05) is 13.0 Å². The number of halogens is 1. The Balaban J connectivity index is 2.04. The zero-order valence-electron chi connectivity index (χ0n) is 12.3. The summed E-state index contributed by atoms with van der Waals surface area (Å²) in [5, 5.41) is 3.27. The number of benzene rings is 1. The van der Waals surface area contributed by atoms with E-state index in [-0.39, 0.29) is 18.6 Å². The van der Waals surface area contributed by atoms with Gasteiger partial charge in [0.25, 0.3) is 5.91 Å². The number of rotatable bonds is 7. The molecule has 6 heteroatoms. The van der Waals surface area contributed by atoms with Crippen LogP contribution in [-0.4, -0.2) is 31.7 Å². The lowest BCUT2D eigenvalue weighted by molar-refractivity contribution is -0.123. The molecular weight excluding hydrogens is 292 g/mol. The van der Waals surface area contributed by atoms with Gasteiger partial charge >= 0.3 is 0 Å². The van der Waals surface area contributed by atoms with Crippen molar-refractivity contribution in [2.75, 3.05) is 13.7 Å². The van der Waals surface area contributed by atoms with E-state index in [2.05, 4.69) is 5.32 Å². The van der Waals surface area contributed by atoms with Crippen molar-refractivity contribution in [3.63, 3.8) is 0 Å². The molecule has 0 saturated heterocycles. The average molecular weight is 313 g/mol. The Kier molecular flexibility index (Phi) is 5.31. The molecule has 0 heterocycles. The van der Waals surface area contributed by atoms with E-state index >= 15 is 0 Å². The fraction of sp³-hybridized carbons (Fsp3) is 0.533. The van der Waals surface area contributed by atoms with E-state index in [9.17, 15) is 4.79 Å². The van der Waals surface area contributed by atoms with Crippen LogP contribution < -0.4 is 20.5 Å². The molecule has 1 amide bonds. The molecule has 1 aliphatic carbocycles. The van der Waals surface area contributed by atoms with Crippen LogP contribution in [0.5, 0.6) is 11.5 Å². The van der Waals surface area contributed by atoms with Gasteiger partial charge in [-0.2, -0.15) is 0 Å². The molecule has 0 radical (unpaired) electrons. The molecule has 1 aromatic rings. The molecule has 0 bridgehead atoms. The number of hydrogen-bond acceptors (Lipinski definition) is 4. The van der Waals surface area contributed by atoms with Crippen LogP contribution in [0.3, 0.4) is 0 Å². The molecule has 0 aliphatic heterocycles. The Bertz CT molecular complexity index is 516. The van der Waals surface area contributed by atoms with Gasteiger partial charge in [-0.3, -0.25) is 4.79 Å². The van der Waals surface area contributed by atoms with Crippen molar-refractivity contribution >= 4 is 17.5 Å². The maximum Gasteiger partial charge on any atom is 0.258 e. The third-order valence-electron chi connectivity index (χ3n) is 3.14. The average Bonchev–Trinajstić information content (AvgIpc) is 3.20. The first-order chi connectivity index (χ1) is 9.99. The molecule has 116 valence electrons. The summed E-state index contributed by atoms with van der Waals surface area (Å²) in [5.74, 6) is 0.756. The molecule has 21 heavy (non-hydrogen) atoms. The van der Waals surface area contributed by atoms with E-state index < -0.39 is 0 Å². The van der Waals surface area contributed by atoms with Crippen LogP contribution in [0.1, 0.15) is 25.3 Å². The molecule has 2 rings (SSSR count). The molecule has 1 unspecified atom stereocenters.